The molecule has 33 heavy (non-hydrogen) atoms. The van der Waals surface area contributed by atoms with Crippen LogP contribution in [0.3, 0.4) is 0 Å². The SMILES string of the molecule is Cc1c(Nc2ncc3cc(Cl)c(C4CCN(C5COC5)CC4)cc3n2)cnn1C(C)(C)C#N. The summed E-state index contributed by atoms with van der Waals surface area (Å²) in [7, 11) is 0. The van der Waals surface area contributed by atoms with Crippen LogP contribution < -0.4 is 5.32 Å². The van der Waals surface area contributed by atoms with Gasteiger partial charge in [-0.3, -0.25) is 4.90 Å². The molecular weight excluding hydrogens is 438 g/mol. The summed E-state index contributed by atoms with van der Waals surface area (Å²) in [5, 5.41) is 18.8. The van der Waals surface area contributed by atoms with Crippen molar-refractivity contribution < 1.29 is 4.74 Å². The first kappa shape index (κ1) is 22.1. The zero-order valence-electron chi connectivity index (χ0n) is 19.2. The number of nitrogens with zero attached hydrogens (tertiary/aromatic N) is 6. The van der Waals surface area contributed by atoms with E-state index in [1.807, 2.05) is 26.8 Å². The molecule has 9 heteroatoms. The van der Waals surface area contributed by atoms with Crippen molar-refractivity contribution >= 4 is 34.1 Å². The van der Waals surface area contributed by atoms with Gasteiger partial charge >= 0.3 is 0 Å². The largest absolute Gasteiger partial charge is 0.378 e. The molecule has 172 valence electrons. The fourth-order valence-electron chi connectivity index (χ4n) is 4.71. The average Bonchev–Trinajstić information content (AvgIpc) is 3.14. The number of anilines is 2. The average molecular weight is 466 g/mol. The quantitative estimate of drug-likeness (QED) is 0.598. The highest BCUT2D eigenvalue weighted by molar-refractivity contribution is 6.32. The minimum Gasteiger partial charge on any atom is -0.378 e. The minimum absolute atomic E-state index is 0.430. The van der Waals surface area contributed by atoms with Crippen molar-refractivity contribution in [3.8, 4) is 6.07 Å². The molecule has 1 aromatic carbocycles. The predicted octanol–water partition coefficient (Wildman–Crippen LogP) is 4.37. The minimum atomic E-state index is -0.735. The van der Waals surface area contributed by atoms with E-state index in [-0.39, 0.29) is 0 Å². The second-order valence-electron chi connectivity index (χ2n) is 9.48. The van der Waals surface area contributed by atoms with Crippen molar-refractivity contribution in [1.29, 1.82) is 5.26 Å². The van der Waals surface area contributed by atoms with Crippen molar-refractivity contribution in [3.05, 3.63) is 40.8 Å². The molecule has 2 aliphatic heterocycles. The van der Waals surface area contributed by atoms with Gasteiger partial charge in [-0.2, -0.15) is 10.4 Å². The summed E-state index contributed by atoms with van der Waals surface area (Å²) >= 11 is 6.68. The molecule has 0 atom stereocenters. The van der Waals surface area contributed by atoms with Crippen LogP contribution in [-0.4, -0.2) is 57.0 Å². The van der Waals surface area contributed by atoms with E-state index >= 15 is 0 Å². The number of fused-ring (bicyclic) bond motifs is 1. The van der Waals surface area contributed by atoms with Gasteiger partial charge in [-0.15, -0.1) is 0 Å². The van der Waals surface area contributed by atoms with Gasteiger partial charge in [-0.05, 0) is 70.3 Å². The first-order valence-electron chi connectivity index (χ1n) is 11.4. The highest BCUT2D eigenvalue weighted by Gasteiger charge is 2.31. The van der Waals surface area contributed by atoms with Crippen molar-refractivity contribution in [2.75, 3.05) is 31.6 Å². The van der Waals surface area contributed by atoms with E-state index in [9.17, 15) is 5.26 Å². The summed E-state index contributed by atoms with van der Waals surface area (Å²) in [5.74, 6) is 0.923. The van der Waals surface area contributed by atoms with E-state index in [0.29, 0.717) is 17.9 Å². The molecule has 0 unspecified atom stereocenters. The molecule has 2 saturated heterocycles. The Balaban J connectivity index is 1.37. The maximum Gasteiger partial charge on any atom is 0.227 e. The molecule has 5 rings (SSSR count). The van der Waals surface area contributed by atoms with E-state index in [0.717, 1.165) is 72.0 Å². The van der Waals surface area contributed by atoms with Crippen molar-refractivity contribution in [2.45, 2.75) is 51.1 Å². The Morgan fingerprint density at radius 1 is 1.21 bits per heavy atom. The Bertz CT molecular complexity index is 1220. The third kappa shape index (κ3) is 4.17. The first-order chi connectivity index (χ1) is 15.9. The summed E-state index contributed by atoms with van der Waals surface area (Å²) < 4.78 is 7.05. The predicted molar refractivity (Wildman–Crippen MR) is 128 cm³/mol. The fourth-order valence-corrected chi connectivity index (χ4v) is 5.04. The highest BCUT2D eigenvalue weighted by Crippen LogP contribution is 2.36. The molecule has 2 aromatic heterocycles. The summed E-state index contributed by atoms with van der Waals surface area (Å²) in [6.07, 6.45) is 5.67. The van der Waals surface area contributed by atoms with Crippen molar-refractivity contribution in [3.63, 3.8) is 0 Å². The maximum atomic E-state index is 9.43. The fraction of sp³-hybridized carbons (Fsp3) is 0.500. The lowest BCUT2D eigenvalue weighted by Crippen LogP contribution is -2.51. The Labute approximate surface area is 198 Å². The standard InChI is InChI=1S/C24H28ClN7O/c1-15-22(11-28-32(15)24(2,3)14-26)30-23-27-10-17-8-20(25)19(9-21(17)29-23)16-4-6-31(7-5-16)18-12-33-13-18/h8-11,16,18H,4-7,12-13H2,1-3H3,(H,27,29,30). The first-order valence-corrected chi connectivity index (χ1v) is 11.7. The zero-order valence-corrected chi connectivity index (χ0v) is 19.9. The van der Waals surface area contributed by atoms with Gasteiger partial charge in [-0.25, -0.2) is 14.6 Å². The number of halogens is 1. The Morgan fingerprint density at radius 2 is 1.97 bits per heavy atom. The van der Waals surface area contributed by atoms with E-state index in [4.69, 9.17) is 21.3 Å². The van der Waals surface area contributed by atoms with Gasteiger partial charge in [0.25, 0.3) is 0 Å². The highest BCUT2D eigenvalue weighted by atomic mass is 35.5. The van der Waals surface area contributed by atoms with E-state index in [2.05, 4.69) is 32.4 Å². The Kier molecular flexibility index (Phi) is 5.73. The molecule has 0 amide bonds. The third-order valence-corrected chi connectivity index (χ3v) is 7.19. The molecule has 0 spiro atoms. The topological polar surface area (TPSA) is 91.9 Å². The van der Waals surface area contributed by atoms with Crippen LogP contribution in [0.4, 0.5) is 11.6 Å². The van der Waals surface area contributed by atoms with E-state index < -0.39 is 5.54 Å². The van der Waals surface area contributed by atoms with Gasteiger partial charge in [0.15, 0.2) is 0 Å². The second kappa shape index (κ2) is 8.56. The zero-order chi connectivity index (χ0) is 23.2. The maximum absolute atomic E-state index is 9.43. The number of aromatic nitrogens is 4. The number of rotatable bonds is 5. The number of nitrogens with one attached hydrogen (secondary N) is 1. The molecule has 0 radical (unpaired) electrons. The molecule has 0 bridgehead atoms. The van der Waals surface area contributed by atoms with Crippen molar-refractivity contribution in [2.24, 2.45) is 0 Å². The Morgan fingerprint density at radius 3 is 2.64 bits per heavy atom. The lowest BCUT2D eigenvalue weighted by atomic mass is 9.88. The van der Waals surface area contributed by atoms with E-state index in [1.54, 1.807) is 17.1 Å². The summed E-state index contributed by atoms with van der Waals surface area (Å²) in [5.41, 5.74) is 2.92. The second-order valence-corrected chi connectivity index (χ2v) is 9.89. The molecule has 0 saturated carbocycles. The smallest absolute Gasteiger partial charge is 0.227 e. The van der Waals surface area contributed by atoms with Gasteiger partial charge in [0.05, 0.1) is 48.4 Å². The van der Waals surface area contributed by atoms with Crippen LogP contribution >= 0.6 is 11.6 Å². The lowest BCUT2D eigenvalue weighted by molar-refractivity contribution is -0.0712. The van der Waals surface area contributed by atoms with Crippen LogP contribution in [0.15, 0.2) is 24.5 Å². The summed E-state index contributed by atoms with van der Waals surface area (Å²) in [6, 6.07) is 6.96. The normalized spacial score (nSPS) is 18.3. The van der Waals surface area contributed by atoms with Gasteiger partial charge in [0, 0.05) is 16.6 Å². The summed E-state index contributed by atoms with van der Waals surface area (Å²) in [4.78, 5) is 11.8. The monoisotopic (exact) mass is 465 g/mol. The van der Waals surface area contributed by atoms with Crippen molar-refractivity contribution in [1.82, 2.24) is 24.6 Å². The lowest BCUT2D eigenvalue weighted by Gasteiger charge is -2.41. The van der Waals surface area contributed by atoms with Crippen LogP contribution in [0.2, 0.25) is 5.02 Å². The molecule has 4 heterocycles. The molecule has 8 nitrogen and oxygen atoms in total. The van der Waals surface area contributed by atoms with Gasteiger partial charge in [0.1, 0.15) is 5.54 Å². The number of benzene rings is 1. The molecular formula is C24H28ClN7O. The summed E-state index contributed by atoms with van der Waals surface area (Å²) in [6.45, 7) is 9.46. The van der Waals surface area contributed by atoms with Gasteiger partial charge < -0.3 is 10.1 Å². The number of ether oxygens (including phenoxy) is 1. The Hall–Kier alpha value is -2.73. The van der Waals surface area contributed by atoms with E-state index in [1.165, 1.54) is 0 Å². The van der Waals surface area contributed by atoms with Crippen LogP contribution in [-0.2, 0) is 10.3 Å². The van der Waals surface area contributed by atoms with Crippen LogP contribution in [0.5, 0.6) is 0 Å². The molecule has 2 fully saturated rings. The number of piperidine rings is 1. The molecule has 2 aliphatic rings. The van der Waals surface area contributed by atoms with Gasteiger partial charge in [0.2, 0.25) is 5.95 Å². The molecule has 1 N–H and O–H groups in total. The number of likely N-dealkylation sites (tertiary alicyclic amines) is 1. The number of hydrogen-bond donors (Lipinski definition) is 1. The molecule has 0 aliphatic carbocycles. The third-order valence-electron chi connectivity index (χ3n) is 6.86. The van der Waals surface area contributed by atoms with Crippen LogP contribution in [0.1, 0.15) is 43.9 Å². The number of nitriles is 1. The number of hydrogen-bond acceptors (Lipinski definition) is 7. The van der Waals surface area contributed by atoms with Crippen LogP contribution in [0, 0.1) is 18.3 Å². The van der Waals surface area contributed by atoms with Crippen LogP contribution in [0.25, 0.3) is 10.9 Å². The molecule has 3 aromatic rings. The van der Waals surface area contributed by atoms with Gasteiger partial charge in [-0.1, -0.05) is 11.6 Å².